The smallest absolute Gasteiger partial charge is 1.00 e. The molecule has 0 amide bonds. The Kier molecular flexibility index (Phi) is 11.5. The molecule has 0 aromatic rings. The van der Waals surface area contributed by atoms with Crippen molar-refractivity contribution in [2.45, 2.75) is 151 Å². The average molecular weight is 732 g/mol. The van der Waals surface area contributed by atoms with Crippen LogP contribution in [0.3, 0.4) is 0 Å². The first kappa shape index (κ1) is 36.1. The quantitative estimate of drug-likeness (QED) is 0.116. The van der Waals surface area contributed by atoms with Crippen molar-refractivity contribution in [2.24, 2.45) is 47.3 Å². The van der Waals surface area contributed by atoms with Crippen LogP contribution >= 0.6 is 0 Å². The van der Waals surface area contributed by atoms with Gasteiger partial charge in [-0.05, 0) is 92.8 Å². The number of fused-ring (bicyclic) bond motifs is 20. The van der Waals surface area contributed by atoms with Crippen LogP contribution in [-0.4, -0.2) is 67.5 Å². The summed E-state index contributed by atoms with van der Waals surface area (Å²) in [5, 5.41) is 31.8. The fourth-order valence-corrected chi connectivity index (χ4v) is 13.6. The molecule has 5 saturated heterocycles. The van der Waals surface area contributed by atoms with E-state index in [4.69, 9.17) is 0 Å². The Bertz CT molecular complexity index is 1200. The molecule has 4 aliphatic carbocycles. The molecular formula is C32H57CoKN8O3S. The first-order valence-electron chi connectivity index (χ1n) is 18.5. The molecule has 0 aromatic heterocycles. The minimum atomic E-state index is -4.16. The summed E-state index contributed by atoms with van der Waals surface area (Å²) >= 11 is 0. The van der Waals surface area contributed by atoms with Gasteiger partial charge in [0.15, 0.2) is 0 Å². The number of hydrogen-bond donors (Lipinski definition) is 9. The van der Waals surface area contributed by atoms with Crippen LogP contribution in [0.2, 0.25) is 0 Å². The maximum atomic E-state index is 12.8. The Hall–Kier alpha value is 1.73. The minimum Gasteiger partial charge on any atom is -1.00 e. The molecular weight excluding hydrogens is 675 g/mol. The predicted octanol–water partition coefficient (Wildman–Crippen LogP) is -1.41. The van der Waals surface area contributed by atoms with Crippen molar-refractivity contribution in [1.82, 2.24) is 42.5 Å². The standard InChI is InChI=1S/C32H56N8O3S.Co.K.H/c41-44(42,43)23-15-7-14-22-24(23)32-39-30-21-13-6-5-12-20(21)28(37-30)35-26-17-9-2-1-8-16(17)25(33-26)34-27-18-10-3-4-11-19(18)29(36-27)38-31(22)40-32;;;/h16-40H,1-15H2,(H,41,42,43);;;/q;;+1;-1. The molecule has 17 atom stereocenters. The van der Waals surface area contributed by atoms with Gasteiger partial charge in [-0.3, -0.25) is 47.1 Å². The largest absolute Gasteiger partial charge is 1.00 e. The van der Waals surface area contributed by atoms with Crippen molar-refractivity contribution in [1.29, 1.82) is 0 Å². The van der Waals surface area contributed by atoms with Gasteiger partial charge in [0.25, 0.3) is 10.1 Å². The second-order valence-electron chi connectivity index (χ2n) is 16.2. The summed E-state index contributed by atoms with van der Waals surface area (Å²) in [7, 11) is -4.16. The van der Waals surface area contributed by atoms with Gasteiger partial charge in [0.1, 0.15) is 0 Å². The fourth-order valence-electron chi connectivity index (χ4n) is 12.3. The Morgan fingerprint density at radius 2 is 0.674 bits per heavy atom. The van der Waals surface area contributed by atoms with Crippen LogP contribution in [0.5, 0.6) is 0 Å². The normalized spacial score (nSPS) is 53.1. The van der Waals surface area contributed by atoms with Crippen LogP contribution in [0.4, 0.5) is 0 Å². The van der Waals surface area contributed by atoms with Crippen LogP contribution in [0.15, 0.2) is 0 Å². The molecule has 5 heterocycles. The summed E-state index contributed by atoms with van der Waals surface area (Å²) < 4.78 is 36.1. The minimum absolute atomic E-state index is 0. The molecule has 0 spiro atoms. The van der Waals surface area contributed by atoms with E-state index in [1.165, 1.54) is 77.0 Å². The van der Waals surface area contributed by atoms with E-state index < -0.39 is 15.4 Å². The van der Waals surface area contributed by atoms with Gasteiger partial charge in [-0.1, -0.05) is 44.9 Å². The third-order valence-electron chi connectivity index (χ3n) is 14.2. The Balaban J connectivity index is 0.00000129. The third kappa shape index (κ3) is 6.49. The summed E-state index contributed by atoms with van der Waals surface area (Å²) in [6.07, 6.45) is 18.9. The van der Waals surface area contributed by atoms with Crippen molar-refractivity contribution >= 4 is 10.1 Å². The van der Waals surface area contributed by atoms with E-state index in [1.54, 1.807) is 0 Å². The van der Waals surface area contributed by atoms with Crippen molar-refractivity contribution in [3.63, 3.8) is 0 Å². The Morgan fingerprint density at radius 3 is 0.978 bits per heavy atom. The zero-order valence-electron chi connectivity index (χ0n) is 28.4. The van der Waals surface area contributed by atoms with Crippen LogP contribution < -0.4 is 93.9 Å². The second kappa shape index (κ2) is 14.6. The van der Waals surface area contributed by atoms with E-state index in [0.29, 0.717) is 54.3 Å². The van der Waals surface area contributed by atoms with Gasteiger partial charge in [0.05, 0.1) is 54.6 Å². The molecule has 1 radical (unpaired) electrons. The molecule has 9 N–H and O–H groups in total. The molecule has 0 aromatic carbocycles. The molecule has 9 rings (SSSR count). The van der Waals surface area contributed by atoms with Gasteiger partial charge in [0, 0.05) is 22.7 Å². The predicted molar refractivity (Wildman–Crippen MR) is 169 cm³/mol. The molecule has 46 heavy (non-hydrogen) atoms. The summed E-state index contributed by atoms with van der Waals surface area (Å²) in [6, 6.07) is 0. The van der Waals surface area contributed by atoms with Gasteiger partial charge in [-0.25, -0.2) is 0 Å². The van der Waals surface area contributed by atoms with Crippen molar-refractivity contribution < 1.29 is 82.6 Å². The molecule has 8 bridgehead atoms. The molecule has 11 nitrogen and oxygen atoms in total. The average Bonchev–Trinajstić information content (AvgIpc) is 3.76. The summed E-state index contributed by atoms with van der Waals surface area (Å²) in [4.78, 5) is 0. The maximum Gasteiger partial charge on any atom is 1.00 e. The summed E-state index contributed by atoms with van der Waals surface area (Å²) in [5.74, 6) is 3.50. The van der Waals surface area contributed by atoms with Crippen LogP contribution in [0.25, 0.3) is 0 Å². The number of nitrogens with one attached hydrogen (secondary N) is 8. The monoisotopic (exact) mass is 731 g/mol. The SMILES string of the molecule is O=S(=O)(O)C1CCCC2C3NC4NC(NC5NC(NC6NC(NC(N3)C21)C1CCCCC61)C1CCCCC51)C1CCCCC41.[Co].[H-].[K+]. The topological polar surface area (TPSA) is 151 Å². The van der Waals surface area contributed by atoms with Gasteiger partial charge in [-0.15, -0.1) is 0 Å². The molecule has 14 heteroatoms. The number of hydrogen-bond acceptors (Lipinski definition) is 10. The zero-order valence-corrected chi connectivity index (χ0v) is 32.4. The van der Waals surface area contributed by atoms with E-state index in [2.05, 4.69) is 42.5 Å². The van der Waals surface area contributed by atoms with Crippen molar-refractivity contribution in [3.8, 4) is 0 Å². The molecule has 9 aliphatic rings. The molecule has 17 unspecified atom stereocenters. The zero-order chi connectivity index (χ0) is 29.6. The molecule has 5 aliphatic heterocycles. The molecule has 259 valence electrons. The first-order valence-corrected chi connectivity index (χ1v) is 20.0. The maximum absolute atomic E-state index is 12.8. The molecule has 4 saturated carbocycles. The van der Waals surface area contributed by atoms with Crippen LogP contribution in [-0.2, 0) is 26.9 Å². The van der Waals surface area contributed by atoms with Crippen LogP contribution in [0, 0.1) is 47.3 Å². The van der Waals surface area contributed by atoms with Gasteiger partial charge < -0.3 is 1.43 Å². The third-order valence-corrected chi connectivity index (χ3v) is 15.5. The van der Waals surface area contributed by atoms with E-state index >= 15 is 0 Å². The van der Waals surface area contributed by atoms with E-state index in [-0.39, 0.29) is 118 Å². The summed E-state index contributed by atoms with van der Waals surface area (Å²) in [5.41, 5.74) is 0. The second-order valence-corrected chi connectivity index (χ2v) is 17.9. The van der Waals surface area contributed by atoms with Gasteiger partial charge >= 0.3 is 51.4 Å². The van der Waals surface area contributed by atoms with E-state index in [9.17, 15) is 13.0 Å². The number of rotatable bonds is 1. The fraction of sp³-hybridized carbons (Fsp3) is 1.00. The van der Waals surface area contributed by atoms with Gasteiger partial charge in [0.2, 0.25) is 0 Å². The van der Waals surface area contributed by atoms with E-state index in [0.717, 1.165) is 12.8 Å². The summed E-state index contributed by atoms with van der Waals surface area (Å²) in [6.45, 7) is 0. The van der Waals surface area contributed by atoms with Crippen molar-refractivity contribution in [2.75, 3.05) is 0 Å². The van der Waals surface area contributed by atoms with E-state index in [1.807, 2.05) is 0 Å². The van der Waals surface area contributed by atoms with Crippen LogP contribution in [0.1, 0.15) is 97.7 Å². The first-order chi connectivity index (χ1) is 21.4. The molecule has 9 fully saturated rings. The Morgan fingerprint density at radius 1 is 0.413 bits per heavy atom. The Labute approximate surface area is 330 Å². The van der Waals surface area contributed by atoms with Gasteiger partial charge in [-0.2, -0.15) is 8.42 Å². The van der Waals surface area contributed by atoms with Crippen molar-refractivity contribution in [3.05, 3.63) is 0 Å².